The van der Waals surface area contributed by atoms with Gasteiger partial charge in [0.15, 0.2) is 11.2 Å². The second-order valence-corrected chi connectivity index (χ2v) is 12.1. The topological polar surface area (TPSA) is 108 Å². The fraction of sp³-hybridized carbons (Fsp3) is 0.500. The lowest BCUT2D eigenvalue weighted by atomic mass is 10.0. The SMILES string of the molecule is Cn1c(=O)c2c(nc(S(C)(=O)=O)n2C)n(CC#Cc2cc(CCC3CC3)cc(NCC3CC3)c2)c1=O. The van der Waals surface area contributed by atoms with E-state index < -0.39 is 21.1 Å². The summed E-state index contributed by atoms with van der Waals surface area (Å²) in [7, 11) is -0.878. The minimum atomic E-state index is -3.70. The molecular weight excluding hydrogens is 478 g/mol. The average Bonchev–Trinajstić information content (AvgIpc) is 3.75. The van der Waals surface area contributed by atoms with Gasteiger partial charge in [-0.25, -0.2) is 13.2 Å². The standard InChI is InChI=1S/C26H31N5O4S/c1-29-22-23(28-25(29)36(3,34)35)31(26(33)30(2)24(22)32)12-4-5-19-13-20(11-8-17-6-7-17)15-21(14-19)27-16-18-9-10-18/h13-15,17-18,27H,6-12,16H2,1-3H3. The van der Waals surface area contributed by atoms with Crippen molar-refractivity contribution in [2.24, 2.45) is 25.9 Å². The Balaban J connectivity index is 1.48. The lowest BCUT2D eigenvalue weighted by molar-refractivity contribution is 0.586. The second kappa shape index (κ2) is 9.28. The van der Waals surface area contributed by atoms with Crippen LogP contribution in [0.25, 0.3) is 11.2 Å². The highest BCUT2D eigenvalue weighted by molar-refractivity contribution is 7.90. The summed E-state index contributed by atoms with van der Waals surface area (Å²) < 4.78 is 27.8. The summed E-state index contributed by atoms with van der Waals surface area (Å²) in [5, 5.41) is 3.27. The van der Waals surface area contributed by atoms with Gasteiger partial charge < -0.3 is 9.88 Å². The first kappa shape index (κ1) is 24.4. The molecule has 2 aliphatic rings. The number of imidazole rings is 1. The van der Waals surface area contributed by atoms with Crippen molar-refractivity contribution in [3.05, 3.63) is 50.2 Å². The van der Waals surface area contributed by atoms with Gasteiger partial charge in [0.1, 0.15) is 0 Å². The van der Waals surface area contributed by atoms with Gasteiger partial charge in [0, 0.05) is 38.1 Å². The second-order valence-electron chi connectivity index (χ2n) is 10.2. The molecule has 10 heteroatoms. The zero-order valence-corrected chi connectivity index (χ0v) is 21.7. The summed E-state index contributed by atoms with van der Waals surface area (Å²) in [5.74, 6) is 7.81. The van der Waals surface area contributed by atoms with Crippen molar-refractivity contribution in [1.29, 1.82) is 0 Å². The summed E-state index contributed by atoms with van der Waals surface area (Å²) in [6.07, 6.45) is 8.42. The molecule has 9 nitrogen and oxygen atoms in total. The maximum absolute atomic E-state index is 12.9. The number of aromatic nitrogens is 4. The first-order chi connectivity index (χ1) is 17.1. The lowest BCUT2D eigenvalue weighted by Gasteiger charge is -2.10. The van der Waals surface area contributed by atoms with Gasteiger partial charge in [-0.05, 0) is 61.3 Å². The van der Waals surface area contributed by atoms with Gasteiger partial charge >= 0.3 is 5.69 Å². The fourth-order valence-corrected chi connectivity index (χ4v) is 5.32. The van der Waals surface area contributed by atoms with Crippen molar-refractivity contribution in [1.82, 2.24) is 18.7 Å². The van der Waals surface area contributed by atoms with Crippen LogP contribution in [0.15, 0.2) is 32.9 Å². The normalized spacial score (nSPS) is 15.6. The molecule has 190 valence electrons. The third kappa shape index (κ3) is 5.12. The molecule has 1 aromatic carbocycles. The number of rotatable bonds is 8. The largest absolute Gasteiger partial charge is 0.385 e. The number of hydrogen-bond acceptors (Lipinski definition) is 6. The first-order valence-electron chi connectivity index (χ1n) is 12.3. The Hall–Kier alpha value is -3.32. The third-order valence-electron chi connectivity index (χ3n) is 6.94. The highest BCUT2D eigenvalue weighted by Crippen LogP contribution is 2.34. The van der Waals surface area contributed by atoms with Crippen LogP contribution in [0.3, 0.4) is 0 Å². The molecule has 2 aromatic heterocycles. The molecule has 1 N–H and O–H groups in total. The summed E-state index contributed by atoms with van der Waals surface area (Å²) in [6, 6.07) is 6.33. The maximum atomic E-state index is 12.9. The van der Waals surface area contributed by atoms with Gasteiger partial charge in [-0.2, -0.15) is 4.98 Å². The van der Waals surface area contributed by atoms with E-state index in [2.05, 4.69) is 34.3 Å². The van der Waals surface area contributed by atoms with Gasteiger partial charge in [-0.3, -0.25) is 13.9 Å². The average molecular weight is 510 g/mol. The molecule has 0 amide bonds. The number of fused-ring (bicyclic) bond motifs is 1. The van der Waals surface area contributed by atoms with Crippen molar-refractivity contribution in [3.8, 4) is 11.8 Å². The van der Waals surface area contributed by atoms with E-state index in [9.17, 15) is 18.0 Å². The Morgan fingerprint density at radius 1 is 1.06 bits per heavy atom. The molecule has 36 heavy (non-hydrogen) atoms. The zero-order valence-electron chi connectivity index (χ0n) is 20.9. The molecule has 0 radical (unpaired) electrons. The van der Waals surface area contributed by atoms with E-state index in [1.54, 1.807) is 0 Å². The number of aryl methyl sites for hydroxylation is 2. The highest BCUT2D eigenvalue weighted by Gasteiger charge is 2.24. The molecule has 2 saturated carbocycles. The zero-order chi connectivity index (χ0) is 25.6. The van der Waals surface area contributed by atoms with Crippen molar-refractivity contribution in [3.63, 3.8) is 0 Å². The van der Waals surface area contributed by atoms with Crippen LogP contribution in [0.1, 0.15) is 43.2 Å². The van der Waals surface area contributed by atoms with Crippen molar-refractivity contribution in [2.75, 3.05) is 18.1 Å². The molecule has 0 saturated heterocycles. The predicted molar refractivity (Wildman–Crippen MR) is 139 cm³/mol. The minimum Gasteiger partial charge on any atom is -0.385 e. The molecular formula is C26H31N5O4S. The van der Waals surface area contributed by atoms with Crippen LogP contribution in [0, 0.1) is 23.7 Å². The van der Waals surface area contributed by atoms with E-state index in [0.717, 1.165) is 46.9 Å². The molecule has 0 atom stereocenters. The van der Waals surface area contributed by atoms with Crippen molar-refractivity contribution < 1.29 is 8.42 Å². The van der Waals surface area contributed by atoms with Crippen LogP contribution in [0.5, 0.6) is 0 Å². The smallest absolute Gasteiger partial charge is 0.333 e. The van der Waals surface area contributed by atoms with Gasteiger partial charge in [0.25, 0.3) is 5.56 Å². The molecule has 0 bridgehead atoms. The Kier molecular flexibility index (Phi) is 6.29. The first-order valence-corrected chi connectivity index (χ1v) is 14.2. The monoisotopic (exact) mass is 509 g/mol. The maximum Gasteiger partial charge on any atom is 0.333 e. The molecule has 2 aliphatic carbocycles. The van der Waals surface area contributed by atoms with Gasteiger partial charge in [0.2, 0.25) is 15.0 Å². The number of sulfone groups is 1. The van der Waals surface area contributed by atoms with Crippen LogP contribution in [-0.4, -0.2) is 39.9 Å². The predicted octanol–water partition coefficient (Wildman–Crippen LogP) is 2.05. The molecule has 2 fully saturated rings. The molecule has 0 spiro atoms. The van der Waals surface area contributed by atoms with E-state index in [1.807, 2.05) is 6.07 Å². The summed E-state index contributed by atoms with van der Waals surface area (Å²) >= 11 is 0. The molecule has 2 heterocycles. The molecule has 5 rings (SSSR count). The van der Waals surface area contributed by atoms with Crippen LogP contribution in [-0.2, 0) is 36.9 Å². The molecule has 0 aliphatic heterocycles. The van der Waals surface area contributed by atoms with E-state index >= 15 is 0 Å². The number of benzene rings is 1. The summed E-state index contributed by atoms with van der Waals surface area (Å²) in [4.78, 5) is 29.7. The van der Waals surface area contributed by atoms with Gasteiger partial charge in [-0.1, -0.05) is 24.7 Å². The Labute approximate surface area is 210 Å². The van der Waals surface area contributed by atoms with Crippen LogP contribution in [0.2, 0.25) is 0 Å². The molecule has 0 unspecified atom stereocenters. The van der Waals surface area contributed by atoms with E-state index in [1.165, 1.54) is 60.9 Å². The van der Waals surface area contributed by atoms with Crippen LogP contribution < -0.4 is 16.6 Å². The van der Waals surface area contributed by atoms with Crippen LogP contribution >= 0.6 is 0 Å². The number of nitrogens with one attached hydrogen (secondary N) is 1. The quantitative estimate of drug-likeness (QED) is 0.466. The van der Waals surface area contributed by atoms with E-state index in [-0.39, 0.29) is 22.9 Å². The third-order valence-corrected chi connectivity index (χ3v) is 7.97. The Morgan fingerprint density at radius 3 is 2.44 bits per heavy atom. The van der Waals surface area contributed by atoms with E-state index in [4.69, 9.17) is 0 Å². The van der Waals surface area contributed by atoms with Crippen molar-refractivity contribution in [2.45, 2.75) is 50.2 Å². The van der Waals surface area contributed by atoms with Gasteiger partial charge in [-0.15, -0.1) is 0 Å². The Morgan fingerprint density at radius 2 is 1.78 bits per heavy atom. The minimum absolute atomic E-state index is 0.0188. The lowest BCUT2D eigenvalue weighted by Crippen LogP contribution is -2.38. The highest BCUT2D eigenvalue weighted by atomic mass is 32.2. The number of anilines is 1. The summed E-state index contributed by atoms with van der Waals surface area (Å²) in [5.41, 5.74) is 2.04. The van der Waals surface area contributed by atoms with Gasteiger partial charge in [0.05, 0.1) is 6.54 Å². The van der Waals surface area contributed by atoms with Crippen molar-refractivity contribution >= 4 is 26.7 Å². The number of nitrogens with zero attached hydrogens (tertiary/aromatic N) is 4. The Bertz CT molecular complexity index is 1590. The number of hydrogen-bond donors (Lipinski definition) is 1. The summed E-state index contributed by atoms with van der Waals surface area (Å²) in [6.45, 7) is 0.938. The van der Waals surface area contributed by atoms with Crippen LogP contribution in [0.4, 0.5) is 5.69 Å². The fourth-order valence-electron chi connectivity index (χ4n) is 4.48. The van der Waals surface area contributed by atoms with E-state index in [0.29, 0.717) is 0 Å². The molecule has 3 aromatic rings.